The number of rotatable bonds is 6. The van der Waals surface area contributed by atoms with Crippen molar-refractivity contribution in [2.75, 3.05) is 19.6 Å². The topological polar surface area (TPSA) is 42.2 Å². The smallest absolute Gasteiger partial charge is 0.226 e. The molecule has 0 aliphatic carbocycles. The van der Waals surface area contributed by atoms with E-state index < -0.39 is 0 Å². The third-order valence-corrected chi connectivity index (χ3v) is 5.02. The molecule has 0 saturated carbocycles. The molecule has 1 aliphatic rings. The molecule has 1 aromatic carbocycles. The summed E-state index contributed by atoms with van der Waals surface area (Å²) in [6.07, 6.45) is 5.69. The first-order valence-electron chi connectivity index (χ1n) is 8.61. The number of halogens is 2. The molecular weight excluding hydrogens is 345 g/mol. The van der Waals surface area contributed by atoms with Crippen LogP contribution in [0.15, 0.2) is 22.7 Å². The molecule has 2 aromatic rings. The predicted molar refractivity (Wildman–Crippen MR) is 97.5 cm³/mol. The fourth-order valence-corrected chi connectivity index (χ4v) is 3.58. The van der Waals surface area contributed by atoms with Gasteiger partial charge in [-0.15, -0.1) is 0 Å². The monoisotopic (exact) mass is 367 g/mol. The summed E-state index contributed by atoms with van der Waals surface area (Å²) in [6.45, 7) is 5.98. The Bertz CT molecular complexity index is 646. The lowest BCUT2D eigenvalue weighted by molar-refractivity contribution is 0.189. The molecule has 2 heterocycles. The Morgan fingerprint density at radius 3 is 2.54 bits per heavy atom. The highest BCUT2D eigenvalue weighted by molar-refractivity contribution is 6.35. The molecule has 0 atom stereocenters. The van der Waals surface area contributed by atoms with Crippen molar-refractivity contribution in [1.82, 2.24) is 15.0 Å². The van der Waals surface area contributed by atoms with Gasteiger partial charge in [0.1, 0.15) is 0 Å². The Morgan fingerprint density at radius 1 is 1.12 bits per heavy atom. The van der Waals surface area contributed by atoms with E-state index in [1.54, 1.807) is 18.2 Å². The van der Waals surface area contributed by atoms with Crippen molar-refractivity contribution in [2.45, 2.75) is 39.0 Å². The number of aryl methyl sites for hydroxylation is 1. The van der Waals surface area contributed by atoms with E-state index >= 15 is 0 Å². The van der Waals surface area contributed by atoms with E-state index in [1.807, 2.05) is 0 Å². The molecule has 130 valence electrons. The van der Waals surface area contributed by atoms with Crippen LogP contribution in [-0.4, -0.2) is 34.7 Å². The maximum absolute atomic E-state index is 6.02. The number of unbranched alkanes of at least 4 members (excludes halogenated alkanes) is 1. The van der Waals surface area contributed by atoms with Gasteiger partial charge in [0.05, 0.1) is 0 Å². The fourth-order valence-electron chi connectivity index (χ4n) is 3.05. The first kappa shape index (κ1) is 17.7. The van der Waals surface area contributed by atoms with Crippen LogP contribution in [0.25, 0.3) is 11.4 Å². The van der Waals surface area contributed by atoms with Crippen LogP contribution in [0, 0.1) is 5.92 Å². The van der Waals surface area contributed by atoms with Crippen LogP contribution in [0.3, 0.4) is 0 Å². The molecule has 0 amide bonds. The Morgan fingerprint density at radius 2 is 1.83 bits per heavy atom. The average Bonchev–Trinajstić information content (AvgIpc) is 3.01. The minimum atomic E-state index is 0.541. The van der Waals surface area contributed by atoms with Gasteiger partial charge in [-0.3, -0.25) is 0 Å². The molecule has 1 fully saturated rings. The summed E-state index contributed by atoms with van der Waals surface area (Å²) >= 11 is 12.0. The summed E-state index contributed by atoms with van der Waals surface area (Å²) in [4.78, 5) is 7.01. The number of hydrogen-bond donors (Lipinski definition) is 0. The van der Waals surface area contributed by atoms with Crippen molar-refractivity contribution >= 4 is 23.2 Å². The predicted octanol–water partition coefficient (Wildman–Crippen LogP) is 5.10. The number of aromatic nitrogens is 2. The second kappa shape index (κ2) is 8.32. The maximum Gasteiger partial charge on any atom is 0.226 e. The molecule has 0 N–H and O–H groups in total. The van der Waals surface area contributed by atoms with Crippen LogP contribution < -0.4 is 0 Å². The standard InChI is InChI=1S/C18H23Cl2N3O/c1-13-5-8-23(9-6-13)7-3-2-4-17-21-18(22-24-17)14-10-15(19)12-16(20)11-14/h10-13H,2-9H2,1H3. The second-order valence-electron chi connectivity index (χ2n) is 6.65. The molecule has 6 heteroatoms. The second-order valence-corrected chi connectivity index (χ2v) is 7.52. The number of nitrogens with zero attached hydrogens (tertiary/aromatic N) is 3. The van der Waals surface area contributed by atoms with Gasteiger partial charge in [0, 0.05) is 22.0 Å². The molecule has 3 rings (SSSR count). The average molecular weight is 368 g/mol. The summed E-state index contributed by atoms with van der Waals surface area (Å²) in [5.41, 5.74) is 0.782. The lowest BCUT2D eigenvalue weighted by Crippen LogP contribution is -2.33. The van der Waals surface area contributed by atoms with Crippen molar-refractivity contribution in [3.8, 4) is 11.4 Å². The third-order valence-electron chi connectivity index (χ3n) is 4.58. The van der Waals surface area contributed by atoms with E-state index in [9.17, 15) is 0 Å². The first-order chi connectivity index (χ1) is 11.6. The molecule has 1 aliphatic heterocycles. The summed E-state index contributed by atoms with van der Waals surface area (Å²) in [6, 6.07) is 5.27. The molecule has 24 heavy (non-hydrogen) atoms. The molecule has 0 spiro atoms. The molecule has 1 aromatic heterocycles. The molecule has 1 saturated heterocycles. The highest BCUT2D eigenvalue weighted by atomic mass is 35.5. The van der Waals surface area contributed by atoms with Crippen molar-refractivity contribution in [3.63, 3.8) is 0 Å². The van der Waals surface area contributed by atoms with Gasteiger partial charge in [-0.1, -0.05) is 35.3 Å². The SMILES string of the molecule is CC1CCN(CCCCc2nc(-c3cc(Cl)cc(Cl)c3)no2)CC1. The van der Waals surface area contributed by atoms with Crippen LogP contribution in [0.2, 0.25) is 10.0 Å². The largest absolute Gasteiger partial charge is 0.339 e. The molecule has 0 unspecified atom stereocenters. The Kier molecular flexibility index (Phi) is 6.14. The Hall–Kier alpha value is -1.10. The molecule has 0 bridgehead atoms. The highest BCUT2D eigenvalue weighted by Crippen LogP contribution is 2.25. The zero-order chi connectivity index (χ0) is 16.9. The number of piperidine rings is 1. The van der Waals surface area contributed by atoms with Gasteiger partial charge in [0.2, 0.25) is 11.7 Å². The minimum absolute atomic E-state index is 0.541. The van der Waals surface area contributed by atoms with Gasteiger partial charge >= 0.3 is 0 Å². The van der Waals surface area contributed by atoms with Crippen molar-refractivity contribution in [2.24, 2.45) is 5.92 Å². The van der Waals surface area contributed by atoms with Crippen LogP contribution in [-0.2, 0) is 6.42 Å². The van der Waals surface area contributed by atoms with Gasteiger partial charge in [-0.2, -0.15) is 4.98 Å². The lowest BCUT2D eigenvalue weighted by Gasteiger charge is -2.30. The van der Waals surface area contributed by atoms with E-state index in [2.05, 4.69) is 22.0 Å². The van der Waals surface area contributed by atoms with Crippen molar-refractivity contribution < 1.29 is 4.52 Å². The van der Waals surface area contributed by atoms with Gasteiger partial charge in [-0.05, 0) is 69.4 Å². The number of likely N-dealkylation sites (tertiary alicyclic amines) is 1. The van der Waals surface area contributed by atoms with Gasteiger partial charge in [-0.25, -0.2) is 0 Å². The molecular formula is C18H23Cl2N3O. The van der Waals surface area contributed by atoms with Crippen LogP contribution >= 0.6 is 23.2 Å². The van der Waals surface area contributed by atoms with Crippen LogP contribution in [0.4, 0.5) is 0 Å². The number of hydrogen-bond acceptors (Lipinski definition) is 4. The fraction of sp³-hybridized carbons (Fsp3) is 0.556. The summed E-state index contributed by atoms with van der Waals surface area (Å²) < 4.78 is 5.34. The Labute approximate surface area is 153 Å². The number of benzene rings is 1. The van der Waals surface area contributed by atoms with Gasteiger partial charge in [0.25, 0.3) is 0 Å². The first-order valence-corrected chi connectivity index (χ1v) is 9.37. The van der Waals surface area contributed by atoms with E-state index in [4.69, 9.17) is 27.7 Å². The van der Waals surface area contributed by atoms with E-state index in [-0.39, 0.29) is 0 Å². The van der Waals surface area contributed by atoms with Crippen molar-refractivity contribution in [3.05, 3.63) is 34.1 Å². The van der Waals surface area contributed by atoms with E-state index in [0.717, 1.165) is 37.3 Å². The van der Waals surface area contributed by atoms with E-state index in [1.165, 1.54) is 25.9 Å². The summed E-state index contributed by atoms with van der Waals surface area (Å²) in [7, 11) is 0. The summed E-state index contributed by atoms with van der Waals surface area (Å²) in [5.74, 6) is 2.10. The van der Waals surface area contributed by atoms with Crippen LogP contribution in [0.1, 0.15) is 38.5 Å². The van der Waals surface area contributed by atoms with E-state index in [0.29, 0.717) is 21.8 Å². The maximum atomic E-state index is 6.02. The highest BCUT2D eigenvalue weighted by Gasteiger charge is 2.15. The van der Waals surface area contributed by atoms with Gasteiger partial charge in [0.15, 0.2) is 0 Å². The Balaban J connectivity index is 1.46. The quantitative estimate of drug-likeness (QED) is 0.666. The normalized spacial score (nSPS) is 16.6. The summed E-state index contributed by atoms with van der Waals surface area (Å²) in [5, 5.41) is 5.17. The minimum Gasteiger partial charge on any atom is -0.339 e. The van der Waals surface area contributed by atoms with Crippen LogP contribution in [0.5, 0.6) is 0 Å². The zero-order valence-electron chi connectivity index (χ0n) is 14.0. The lowest BCUT2D eigenvalue weighted by atomic mass is 9.99. The van der Waals surface area contributed by atoms with Crippen molar-refractivity contribution in [1.29, 1.82) is 0 Å². The molecule has 4 nitrogen and oxygen atoms in total. The third kappa shape index (κ3) is 4.95. The zero-order valence-corrected chi connectivity index (χ0v) is 15.5. The molecule has 0 radical (unpaired) electrons. The van der Waals surface area contributed by atoms with Gasteiger partial charge < -0.3 is 9.42 Å².